The maximum atomic E-state index is 2.68. The van der Waals surface area contributed by atoms with Crippen LogP contribution in [0.5, 0.6) is 0 Å². The second kappa shape index (κ2) is 7.98. The van der Waals surface area contributed by atoms with E-state index in [-0.39, 0.29) is 0 Å². The van der Waals surface area contributed by atoms with E-state index in [1.54, 1.807) is 25.7 Å². The molecule has 0 spiro atoms. The van der Waals surface area contributed by atoms with Crippen LogP contribution in [0.25, 0.3) is 0 Å². The molecule has 0 N–H and O–H groups in total. The van der Waals surface area contributed by atoms with Crippen molar-refractivity contribution in [1.29, 1.82) is 0 Å². The van der Waals surface area contributed by atoms with Gasteiger partial charge < -0.3 is 0 Å². The predicted octanol–water partition coefficient (Wildman–Crippen LogP) is 6.89. The second-order valence-electron chi connectivity index (χ2n) is 11.0. The molecule has 0 heterocycles. The molecule has 3 aliphatic carbocycles. The average molecular weight is 344 g/mol. The van der Waals surface area contributed by atoms with E-state index < -0.39 is 0 Å². The minimum Gasteiger partial charge on any atom is -0.0808 e. The summed E-state index contributed by atoms with van der Waals surface area (Å²) in [6.45, 7) is 10.3. The Kier molecular flexibility index (Phi) is 6.32. The van der Waals surface area contributed by atoms with Gasteiger partial charge in [-0.05, 0) is 85.4 Å². The molecule has 0 aromatic heterocycles. The molecule has 3 saturated carbocycles. The summed E-state index contributed by atoms with van der Waals surface area (Å²) in [5, 5.41) is 0. The van der Waals surface area contributed by atoms with Gasteiger partial charge in [0.25, 0.3) is 0 Å². The van der Waals surface area contributed by atoms with Gasteiger partial charge in [0.05, 0.1) is 0 Å². The van der Waals surface area contributed by atoms with Crippen molar-refractivity contribution >= 4 is 7.85 Å². The Morgan fingerprint density at radius 1 is 1.04 bits per heavy atom. The molecular formula is C24H45B. The Morgan fingerprint density at radius 3 is 2.40 bits per heavy atom. The SMILES string of the molecule is BCCC(C)C1(C)CCC2C(CCC)C(CC3(C)CCCC3)CCC21. The molecule has 0 saturated heterocycles. The minimum absolute atomic E-state index is 0.648. The van der Waals surface area contributed by atoms with Crippen LogP contribution in [0.2, 0.25) is 6.32 Å². The number of fused-ring (bicyclic) bond motifs is 1. The zero-order chi connectivity index (χ0) is 18.1. The Bertz CT molecular complexity index is 424. The van der Waals surface area contributed by atoms with Crippen LogP contribution in [0.4, 0.5) is 0 Å². The van der Waals surface area contributed by atoms with Crippen LogP contribution in [0, 0.1) is 40.4 Å². The molecule has 0 amide bonds. The summed E-state index contributed by atoms with van der Waals surface area (Å²) in [6.07, 6.45) is 19.5. The van der Waals surface area contributed by atoms with E-state index in [0.29, 0.717) is 10.8 Å². The first-order valence-corrected chi connectivity index (χ1v) is 11.9. The van der Waals surface area contributed by atoms with Crippen molar-refractivity contribution in [2.45, 2.75) is 111 Å². The monoisotopic (exact) mass is 344 g/mol. The molecule has 0 aliphatic heterocycles. The molecule has 6 atom stereocenters. The second-order valence-corrected chi connectivity index (χ2v) is 11.0. The van der Waals surface area contributed by atoms with Gasteiger partial charge in [-0.1, -0.05) is 66.1 Å². The summed E-state index contributed by atoms with van der Waals surface area (Å²) >= 11 is 0. The average Bonchev–Trinajstić information content (AvgIpc) is 3.15. The van der Waals surface area contributed by atoms with E-state index in [1.807, 2.05) is 0 Å². The molecule has 0 aromatic carbocycles. The lowest BCUT2D eigenvalue weighted by Gasteiger charge is -2.48. The molecule has 1 heteroatoms. The molecule has 0 bridgehead atoms. The number of hydrogen-bond acceptors (Lipinski definition) is 0. The van der Waals surface area contributed by atoms with Crippen molar-refractivity contribution in [3.05, 3.63) is 0 Å². The van der Waals surface area contributed by atoms with Crippen molar-refractivity contribution in [3.63, 3.8) is 0 Å². The molecule has 0 nitrogen and oxygen atoms in total. The van der Waals surface area contributed by atoms with Crippen molar-refractivity contribution in [1.82, 2.24) is 0 Å². The third-order valence-corrected chi connectivity index (χ3v) is 9.42. The maximum Gasteiger partial charge on any atom is 0.101 e. The van der Waals surface area contributed by atoms with Gasteiger partial charge in [-0.15, -0.1) is 0 Å². The van der Waals surface area contributed by atoms with Crippen LogP contribution in [0.1, 0.15) is 105 Å². The maximum absolute atomic E-state index is 2.68. The summed E-state index contributed by atoms with van der Waals surface area (Å²) in [5.41, 5.74) is 1.34. The Balaban J connectivity index is 1.73. The Labute approximate surface area is 159 Å². The van der Waals surface area contributed by atoms with Crippen molar-refractivity contribution in [2.75, 3.05) is 0 Å². The Morgan fingerprint density at radius 2 is 1.76 bits per heavy atom. The summed E-state index contributed by atoms with van der Waals surface area (Å²) in [7, 11) is 2.38. The van der Waals surface area contributed by atoms with Gasteiger partial charge >= 0.3 is 0 Å². The lowest BCUT2D eigenvalue weighted by atomic mass is 9.57. The standard InChI is InChI=1S/C24H45B/c1-5-8-20-19(17-23(3)13-6-7-14-23)9-10-22-21(20)11-15-24(22,4)18(2)12-16-25/h18-22H,5-17,25H2,1-4H3. The van der Waals surface area contributed by atoms with Crippen LogP contribution in [0.3, 0.4) is 0 Å². The van der Waals surface area contributed by atoms with E-state index in [9.17, 15) is 0 Å². The van der Waals surface area contributed by atoms with Crippen LogP contribution >= 0.6 is 0 Å². The van der Waals surface area contributed by atoms with E-state index in [0.717, 1.165) is 29.6 Å². The largest absolute Gasteiger partial charge is 0.101 e. The fourth-order valence-electron chi connectivity index (χ4n) is 7.84. The smallest absolute Gasteiger partial charge is 0.0808 e. The van der Waals surface area contributed by atoms with Gasteiger partial charge in [0.15, 0.2) is 0 Å². The normalized spacial score (nSPS) is 41.6. The van der Waals surface area contributed by atoms with E-state index in [4.69, 9.17) is 0 Å². The summed E-state index contributed by atoms with van der Waals surface area (Å²) < 4.78 is 0. The molecule has 6 unspecified atom stereocenters. The molecule has 0 aromatic rings. The first kappa shape index (κ1) is 19.8. The lowest BCUT2D eigenvalue weighted by Crippen LogP contribution is -2.40. The van der Waals surface area contributed by atoms with Crippen molar-refractivity contribution < 1.29 is 0 Å². The minimum atomic E-state index is 0.648. The predicted molar refractivity (Wildman–Crippen MR) is 114 cm³/mol. The third kappa shape index (κ3) is 3.86. The highest BCUT2D eigenvalue weighted by Gasteiger charge is 2.53. The highest BCUT2D eigenvalue weighted by molar-refractivity contribution is 6.08. The molecule has 3 fully saturated rings. The summed E-state index contributed by atoms with van der Waals surface area (Å²) in [5.74, 6) is 5.13. The highest BCUT2D eigenvalue weighted by Crippen LogP contribution is 2.62. The fraction of sp³-hybridized carbons (Fsp3) is 1.00. The van der Waals surface area contributed by atoms with E-state index >= 15 is 0 Å². The molecule has 25 heavy (non-hydrogen) atoms. The van der Waals surface area contributed by atoms with Gasteiger partial charge in [0.1, 0.15) is 7.85 Å². The molecular weight excluding hydrogens is 299 g/mol. The summed E-state index contributed by atoms with van der Waals surface area (Å²) in [6, 6.07) is 0. The first-order chi connectivity index (χ1) is 11.9. The highest BCUT2D eigenvalue weighted by atomic mass is 14.6. The van der Waals surface area contributed by atoms with E-state index in [1.165, 1.54) is 57.7 Å². The Hall–Kier alpha value is 0.0649. The van der Waals surface area contributed by atoms with Gasteiger partial charge in [0.2, 0.25) is 0 Å². The van der Waals surface area contributed by atoms with Crippen molar-refractivity contribution in [2.24, 2.45) is 40.4 Å². The molecule has 144 valence electrons. The van der Waals surface area contributed by atoms with Crippen LogP contribution in [-0.4, -0.2) is 7.85 Å². The van der Waals surface area contributed by atoms with Crippen LogP contribution in [-0.2, 0) is 0 Å². The molecule has 3 aliphatic rings. The summed E-state index contributed by atoms with van der Waals surface area (Å²) in [4.78, 5) is 0. The first-order valence-electron chi connectivity index (χ1n) is 11.9. The lowest BCUT2D eigenvalue weighted by molar-refractivity contribution is 0.0103. The zero-order valence-electron chi connectivity index (χ0n) is 18.1. The third-order valence-electron chi connectivity index (χ3n) is 9.42. The zero-order valence-corrected chi connectivity index (χ0v) is 18.1. The van der Waals surface area contributed by atoms with Gasteiger partial charge in [-0.2, -0.15) is 0 Å². The van der Waals surface area contributed by atoms with E-state index in [2.05, 4.69) is 35.5 Å². The number of hydrogen-bond donors (Lipinski definition) is 0. The topological polar surface area (TPSA) is 0 Å². The quantitative estimate of drug-likeness (QED) is 0.441. The molecule has 0 radical (unpaired) electrons. The van der Waals surface area contributed by atoms with Gasteiger partial charge in [-0.25, -0.2) is 0 Å². The van der Waals surface area contributed by atoms with Crippen LogP contribution < -0.4 is 0 Å². The van der Waals surface area contributed by atoms with Gasteiger partial charge in [0, 0.05) is 0 Å². The molecule has 3 rings (SSSR count). The van der Waals surface area contributed by atoms with Crippen LogP contribution in [0.15, 0.2) is 0 Å². The van der Waals surface area contributed by atoms with Gasteiger partial charge in [-0.3, -0.25) is 0 Å². The van der Waals surface area contributed by atoms with Crippen molar-refractivity contribution in [3.8, 4) is 0 Å². The number of rotatable bonds is 7. The fourth-order valence-corrected chi connectivity index (χ4v) is 7.84.